The fourth-order valence-electron chi connectivity index (χ4n) is 5.00. The lowest BCUT2D eigenvalue weighted by atomic mass is 9.83. The van der Waals surface area contributed by atoms with Crippen molar-refractivity contribution in [3.8, 4) is 0 Å². The number of rotatable bonds is 0. The van der Waals surface area contributed by atoms with E-state index in [0.29, 0.717) is 23.7 Å². The third-order valence-electron chi connectivity index (χ3n) is 5.41. The highest BCUT2D eigenvalue weighted by Gasteiger charge is 2.67. The Hall–Kier alpha value is -0.610. The molecule has 3 heterocycles. The Bertz CT molecular complexity index is 357. The average molecular weight is 237 g/mol. The highest BCUT2D eigenvalue weighted by atomic mass is 16.6. The second-order valence-electron chi connectivity index (χ2n) is 6.11. The third-order valence-corrected chi connectivity index (χ3v) is 5.41. The van der Waals surface area contributed by atoms with Gasteiger partial charge in [0, 0.05) is 18.8 Å². The Labute approximate surface area is 101 Å². The molecule has 3 saturated heterocycles. The van der Waals surface area contributed by atoms with Crippen LogP contribution in [0.15, 0.2) is 0 Å². The number of amides is 1. The standard InChI is InChI=1S/C13H19NO3/c1-5-10-8-4-9-11(10)6(2)17-13(9)14(7(3)15)12(8)16-5/h5-6,8-13H,4H2,1-3H3/t5-,6-,8?,9?,10?,11?,12?,13?/m1/s1. The molecular formula is C13H19NO3. The molecule has 0 spiro atoms. The van der Waals surface area contributed by atoms with E-state index in [1.807, 2.05) is 4.90 Å². The Balaban J connectivity index is 1.82. The molecule has 0 aromatic rings. The molecule has 0 N–H and O–H groups in total. The molecule has 4 nitrogen and oxygen atoms in total. The lowest BCUT2D eigenvalue weighted by Crippen LogP contribution is -2.54. The molecule has 4 rings (SSSR count). The summed E-state index contributed by atoms with van der Waals surface area (Å²) < 4.78 is 12.1. The van der Waals surface area contributed by atoms with Gasteiger partial charge in [0.05, 0.1) is 12.2 Å². The first kappa shape index (κ1) is 10.3. The maximum absolute atomic E-state index is 11.9. The van der Waals surface area contributed by atoms with Crippen LogP contribution in [0.5, 0.6) is 0 Å². The number of likely N-dealkylation sites (tertiary alicyclic amines) is 1. The summed E-state index contributed by atoms with van der Waals surface area (Å²) in [5, 5.41) is 0. The van der Waals surface area contributed by atoms with Crippen LogP contribution < -0.4 is 0 Å². The third kappa shape index (κ3) is 1.04. The molecule has 1 aliphatic carbocycles. The van der Waals surface area contributed by atoms with Gasteiger partial charge in [-0.15, -0.1) is 0 Å². The van der Waals surface area contributed by atoms with Gasteiger partial charge in [-0.2, -0.15) is 0 Å². The zero-order valence-electron chi connectivity index (χ0n) is 10.5. The summed E-state index contributed by atoms with van der Waals surface area (Å²) in [6.07, 6.45) is 1.68. The zero-order valence-corrected chi connectivity index (χ0v) is 10.5. The summed E-state index contributed by atoms with van der Waals surface area (Å²) in [6, 6.07) is 0. The number of carbonyl (C=O) groups excluding carboxylic acids is 1. The smallest absolute Gasteiger partial charge is 0.223 e. The Morgan fingerprint density at radius 2 is 1.53 bits per heavy atom. The van der Waals surface area contributed by atoms with E-state index in [2.05, 4.69) is 13.8 Å². The summed E-state index contributed by atoms with van der Waals surface area (Å²) in [5.41, 5.74) is 0. The van der Waals surface area contributed by atoms with Gasteiger partial charge in [0.1, 0.15) is 12.5 Å². The average Bonchev–Trinajstić information content (AvgIpc) is 2.82. The van der Waals surface area contributed by atoms with Gasteiger partial charge in [-0.25, -0.2) is 0 Å². The number of carbonyl (C=O) groups is 1. The molecule has 4 fully saturated rings. The molecule has 2 bridgehead atoms. The number of hydrogen-bond donors (Lipinski definition) is 0. The highest BCUT2D eigenvalue weighted by Crippen LogP contribution is 2.61. The second-order valence-corrected chi connectivity index (χ2v) is 6.11. The van der Waals surface area contributed by atoms with Gasteiger partial charge < -0.3 is 9.47 Å². The van der Waals surface area contributed by atoms with Crippen LogP contribution in [-0.2, 0) is 14.3 Å². The van der Waals surface area contributed by atoms with E-state index < -0.39 is 0 Å². The number of ether oxygens (including phenoxy) is 2. The maximum Gasteiger partial charge on any atom is 0.223 e. The van der Waals surface area contributed by atoms with Crippen molar-refractivity contribution in [1.82, 2.24) is 4.90 Å². The molecule has 0 aromatic carbocycles. The number of fused-ring (bicyclic) bond motifs is 1. The largest absolute Gasteiger partial charge is 0.355 e. The van der Waals surface area contributed by atoms with E-state index in [1.54, 1.807) is 6.92 Å². The normalized spacial score (nSPS) is 58.9. The van der Waals surface area contributed by atoms with Crippen LogP contribution in [0.4, 0.5) is 0 Å². The highest BCUT2D eigenvalue weighted by molar-refractivity contribution is 5.74. The fourth-order valence-corrected chi connectivity index (χ4v) is 5.00. The van der Waals surface area contributed by atoms with Crippen LogP contribution in [0.3, 0.4) is 0 Å². The Morgan fingerprint density at radius 1 is 1.06 bits per heavy atom. The first-order valence-corrected chi connectivity index (χ1v) is 6.69. The summed E-state index contributed by atoms with van der Waals surface area (Å²) in [5.74, 6) is 2.37. The Morgan fingerprint density at radius 3 is 1.94 bits per heavy atom. The molecule has 1 saturated carbocycles. The molecule has 6 unspecified atom stereocenters. The van der Waals surface area contributed by atoms with Gasteiger partial charge >= 0.3 is 0 Å². The quantitative estimate of drug-likeness (QED) is 0.635. The topological polar surface area (TPSA) is 38.8 Å². The monoisotopic (exact) mass is 237 g/mol. The number of nitrogens with zero attached hydrogens (tertiary/aromatic N) is 1. The van der Waals surface area contributed by atoms with Crippen LogP contribution in [0.25, 0.3) is 0 Å². The molecule has 8 atom stereocenters. The van der Waals surface area contributed by atoms with E-state index in [0.717, 1.165) is 0 Å². The summed E-state index contributed by atoms with van der Waals surface area (Å²) in [7, 11) is 0. The SMILES string of the molecule is CC(=O)N1C2O[C@H](C)C3C2CC2C3[C@@H](C)OC21. The first-order chi connectivity index (χ1) is 8.09. The van der Waals surface area contributed by atoms with Crippen molar-refractivity contribution in [3.05, 3.63) is 0 Å². The number of hydrogen-bond acceptors (Lipinski definition) is 3. The fraction of sp³-hybridized carbons (Fsp3) is 0.923. The molecular weight excluding hydrogens is 218 g/mol. The van der Waals surface area contributed by atoms with Gasteiger partial charge in [-0.05, 0) is 32.1 Å². The van der Waals surface area contributed by atoms with Gasteiger partial charge in [0.2, 0.25) is 5.91 Å². The van der Waals surface area contributed by atoms with Crippen molar-refractivity contribution in [3.63, 3.8) is 0 Å². The molecule has 4 heteroatoms. The van der Waals surface area contributed by atoms with Crippen LogP contribution >= 0.6 is 0 Å². The summed E-state index contributed by atoms with van der Waals surface area (Å²) in [4.78, 5) is 13.7. The minimum atomic E-state index is -0.0220. The van der Waals surface area contributed by atoms with Crippen molar-refractivity contribution in [2.24, 2.45) is 23.7 Å². The molecule has 0 radical (unpaired) electrons. The van der Waals surface area contributed by atoms with Gasteiger partial charge in [-0.3, -0.25) is 9.69 Å². The van der Waals surface area contributed by atoms with E-state index in [4.69, 9.17) is 9.47 Å². The summed E-state index contributed by atoms with van der Waals surface area (Å²) in [6.45, 7) is 5.95. The predicted molar refractivity (Wildman–Crippen MR) is 59.8 cm³/mol. The van der Waals surface area contributed by atoms with Crippen molar-refractivity contribution in [2.75, 3.05) is 0 Å². The summed E-state index contributed by atoms with van der Waals surface area (Å²) >= 11 is 0. The van der Waals surface area contributed by atoms with Crippen molar-refractivity contribution in [1.29, 1.82) is 0 Å². The lowest BCUT2D eigenvalue weighted by molar-refractivity contribution is -0.191. The Kier molecular flexibility index (Phi) is 1.84. The van der Waals surface area contributed by atoms with Crippen molar-refractivity contribution < 1.29 is 14.3 Å². The van der Waals surface area contributed by atoms with Crippen molar-refractivity contribution >= 4 is 5.91 Å². The van der Waals surface area contributed by atoms with Crippen molar-refractivity contribution in [2.45, 2.75) is 51.9 Å². The van der Waals surface area contributed by atoms with E-state index in [9.17, 15) is 4.79 Å². The van der Waals surface area contributed by atoms with E-state index >= 15 is 0 Å². The minimum Gasteiger partial charge on any atom is -0.355 e. The molecule has 4 aliphatic rings. The van der Waals surface area contributed by atoms with Crippen LogP contribution in [0.1, 0.15) is 27.2 Å². The zero-order chi connectivity index (χ0) is 11.9. The first-order valence-electron chi connectivity index (χ1n) is 6.69. The van der Waals surface area contributed by atoms with Crippen LogP contribution in [-0.4, -0.2) is 35.5 Å². The van der Waals surface area contributed by atoms with E-state index in [1.165, 1.54) is 6.42 Å². The minimum absolute atomic E-state index is 0.0220. The molecule has 0 aromatic heterocycles. The molecule has 1 amide bonds. The predicted octanol–water partition coefficient (Wildman–Crippen LogP) is 1.21. The van der Waals surface area contributed by atoms with Gasteiger partial charge in [0.15, 0.2) is 0 Å². The van der Waals surface area contributed by atoms with Gasteiger partial charge in [0.25, 0.3) is 0 Å². The van der Waals surface area contributed by atoms with E-state index in [-0.39, 0.29) is 30.6 Å². The maximum atomic E-state index is 11.9. The molecule has 94 valence electrons. The molecule has 3 aliphatic heterocycles. The number of piperidine rings is 1. The van der Waals surface area contributed by atoms with Gasteiger partial charge in [-0.1, -0.05) is 0 Å². The lowest BCUT2D eigenvalue weighted by Gasteiger charge is -2.41. The molecule has 17 heavy (non-hydrogen) atoms. The van der Waals surface area contributed by atoms with Crippen LogP contribution in [0.2, 0.25) is 0 Å². The van der Waals surface area contributed by atoms with Crippen LogP contribution in [0, 0.1) is 23.7 Å². The second kappa shape index (κ2) is 3.04.